The minimum atomic E-state index is -2.15. The lowest BCUT2D eigenvalue weighted by Gasteiger charge is -2.42. The van der Waals surface area contributed by atoms with Crippen molar-refractivity contribution in [3.63, 3.8) is 0 Å². The zero-order chi connectivity index (χ0) is 42.8. The topological polar surface area (TPSA) is 38.7 Å². The quantitative estimate of drug-likeness (QED) is 0.142. The van der Waals surface area contributed by atoms with Gasteiger partial charge in [-0.2, -0.15) is 0 Å². The zero-order valence-corrected chi connectivity index (χ0v) is 37.6. The second-order valence-corrected chi connectivity index (χ2v) is 20.6. The van der Waals surface area contributed by atoms with Crippen LogP contribution in [0.3, 0.4) is 0 Å². The van der Waals surface area contributed by atoms with Gasteiger partial charge in [0.2, 0.25) is 0 Å². The smallest absolute Gasteiger partial charge is 0.139 e. The standard InChI is InChI=1S/C53H40B5N3S2/c54-46-45(47(55)49(57)50(58)48(46)56)39-29-42(40-24-12-13-28-59-40)61-51-35(39)26-27-38-44(30-41(60-52(38)51)37-23-14-22-36-34-21-10-11-25-43(34)62-53(36)37)63(31-15-4-1-5-16-31,32-17-6-2-7-18-32)33-19-8-3-9-20-33/h1-30H,54-58H2. The molecule has 0 atom stereocenters. The molecule has 0 N–H and O–H groups in total. The second-order valence-electron chi connectivity index (χ2n) is 16.5. The Kier molecular flexibility index (Phi) is 9.75. The van der Waals surface area contributed by atoms with Crippen LogP contribution in [0, 0.1) is 0 Å². The fourth-order valence-electron chi connectivity index (χ4n) is 9.70. The second kappa shape index (κ2) is 15.6. The molecule has 7 aromatic carbocycles. The van der Waals surface area contributed by atoms with Gasteiger partial charge in [-0.15, -0.1) is 37.8 Å². The van der Waals surface area contributed by atoms with Crippen molar-refractivity contribution in [2.75, 3.05) is 0 Å². The van der Waals surface area contributed by atoms with Gasteiger partial charge < -0.3 is 0 Å². The first-order valence-corrected chi connectivity index (χ1v) is 24.0. The Morgan fingerprint density at radius 3 is 1.57 bits per heavy atom. The van der Waals surface area contributed by atoms with Gasteiger partial charge in [-0.25, -0.2) is 9.97 Å². The summed E-state index contributed by atoms with van der Waals surface area (Å²) in [5, 5.41) is 4.68. The summed E-state index contributed by atoms with van der Waals surface area (Å²) in [5.74, 6) is 0. The normalized spacial score (nSPS) is 12.1. The minimum Gasteiger partial charge on any atom is -0.255 e. The summed E-state index contributed by atoms with van der Waals surface area (Å²) in [6.07, 6.45) is 1.86. The molecule has 0 spiro atoms. The third-order valence-corrected chi connectivity index (χ3v) is 18.4. The average Bonchev–Trinajstić information content (AvgIpc) is 3.73. The van der Waals surface area contributed by atoms with Crippen LogP contribution in [0.15, 0.2) is 202 Å². The number of pyridine rings is 3. The van der Waals surface area contributed by atoms with Crippen LogP contribution in [0.1, 0.15) is 0 Å². The maximum atomic E-state index is 5.85. The van der Waals surface area contributed by atoms with E-state index in [9.17, 15) is 0 Å². The van der Waals surface area contributed by atoms with Crippen molar-refractivity contribution in [2.45, 2.75) is 19.6 Å². The first-order chi connectivity index (χ1) is 30.8. The number of hydrogen-bond acceptors (Lipinski definition) is 4. The lowest BCUT2D eigenvalue weighted by Crippen LogP contribution is -2.55. The fraction of sp³-hybridized carbons (Fsp3) is 0. The van der Waals surface area contributed by atoms with Gasteiger partial charge in [0.05, 0.1) is 28.1 Å². The predicted octanol–water partition coefficient (Wildman–Crippen LogP) is 6.18. The molecule has 4 aromatic heterocycles. The van der Waals surface area contributed by atoms with Crippen molar-refractivity contribution in [1.82, 2.24) is 15.0 Å². The number of benzene rings is 7. The molecule has 63 heavy (non-hydrogen) atoms. The molecule has 10 heteroatoms. The van der Waals surface area contributed by atoms with Crippen molar-refractivity contribution in [2.24, 2.45) is 0 Å². The monoisotopic (exact) mass is 837 g/mol. The molecule has 0 aliphatic heterocycles. The highest BCUT2D eigenvalue weighted by Crippen LogP contribution is 2.74. The molecule has 0 saturated carbocycles. The molecule has 0 aliphatic rings. The van der Waals surface area contributed by atoms with Gasteiger partial charge in [0.1, 0.15) is 39.2 Å². The molecule has 3 nitrogen and oxygen atoms in total. The highest BCUT2D eigenvalue weighted by Gasteiger charge is 2.36. The van der Waals surface area contributed by atoms with Crippen molar-refractivity contribution >= 4 is 130 Å². The maximum absolute atomic E-state index is 5.85. The molecular formula is C53H40B5N3S2. The van der Waals surface area contributed by atoms with Crippen molar-refractivity contribution in [3.8, 4) is 33.8 Å². The van der Waals surface area contributed by atoms with Crippen LogP contribution in [0.5, 0.6) is 0 Å². The first-order valence-electron chi connectivity index (χ1n) is 21.5. The average molecular weight is 837 g/mol. The molecule has 0 radical (unpaired) electrons. The number of rotatable bonds is 7. The Bertz CT molecular complexity index is 3440. The van der Waals surface area contributed by atoms with Crippen LogP contribution >= 0.6 is 21.4 Å². The molecule has 294 valence electrons. The van der Waals surface area contributed by atoms with E-state index in [2.05, 4.69) is 203 Å². The molecular weight excluding hydrogens is 797 g/mol. The summed E-state index contributed by atoms with van der Waals surface area (Å²) in [7, 11) is 9.16. The summed E-state index contributed by atoms with van der Waals surface area (Å²) in [5.41, 5.74) is 14.4. The van der Waals surface area contributed by atoms with Gasteiger partial charge in [0.25, 0.3) is 0 Å². The summed E-state index contributed by atoms with van der Waals surface area (Å²) < 4.78 is 2.50. The van der Waals surface area contributed by atoms with Gasteiger partial charge in [-0.05, 0) is 77.9 Å². The first kappa shape index (κ1) is 39.3. The van der Waals surface area contributed by atoms with Gasteiger partial charge >= 0.3 is 0 Å². The third kappa shape index (κ3) is 6.22. The van der Waals surface area contributed by atoms with E-state index >= 15 is 0 Å². The number of nitrogens with zero attached hydrogens (tertiary/aromatic N) is 3. The Morgan fingerprint density at radius 2 is 0.937 bits per heavy atom. The predicted molar refractivity (Wildman–Crippen MR) is 285 cm³/mol. The number of hydrogen-bond donors (Lipinski definition) is 0. The summed E-state index contributed by atoms with van der Waals surface area (Å²) in [6.45, 7) is 0. The van der Waals surface area contributed by atoms with Gasteiger partial charge in [0, 0.05) is 62.3 Å². The summed E-state index contributed by atoms with van der Waals surface area (Å²) in [6, 6.07) is 64.2. The van der Waals surface area contributed by atoms with E-state index in [-0.39, 0.29) is 0 Å². The van der Waals surface area contributed by atoms with Gasteiger partial charge in [-0.3, -0.25) is 4.98 Å². The number of thiophene rings is 1. The van der Waals surface area contributed by atoms with E-state index in [1.165, 1.54) is 72.6 Å². The van der Waals surface area contributed by atoms with E-state index in [0.717, 1.165) is 50.0 Å². The molecule has 4 heterocycles. The van der Waals surface area contributed by atoms with Crippen molar-refractivity contribution in [1.29, 1.82) is 0 Å². The van der Waals surface area contributed by atoms with E-state index in [1.54, 1.807) is 0 Å². The SMILES string of the molecule is Bc1c(B)c(B)c(-c2cc(-c3ccccn3)nc3c2ccc2c(S(c4ccccc4)(c4ccccc4)c4ccccc4)cc(-c4cccc5c4sc4ccccc45)nc23)c(B)c1B. The minimum absolute atomic E-state index is 0.827. The van der Waals surface area contributed by atoms with Crippen molar-refractivity contribution < 1.29 is 0 Å². The summed E-state index contributed by atoms with van der Waals surface area (Å²) in [4.78, 5) is 21.4. The molecule has 11 aromatic rings. The molecule has 0 bridgehead atoms. The van der Waals surface area contributed by atoms with Crippen LogP contribution in [0.25, 0.3) is 75.8 Å². The molecule has 0 amide bonds. The molecule has 0 saturated heterocycles. The molecule has 0 fully saturated rings. The van der Waals surface area contributed by atoms with E-state index in [4.69, 9.17) is 15.0 Å². The maximum Gasteiger partial charge on any atom is 0.139 e. The largest absolute Gasteiger partial charge is 0.255 e. The van der Waals surface area contributed by atoms with E-state index in [0.29, 0.717) is 0 Å². The molecule has 11 rings (SSSR count). The Hall–Kier alpha value is -6.60. The van der Waals surface area contributed by atoms with Gasteiger partial charge in [-0.1, -0.05) is 120 Å². The van der Waals surface area contributed by atoms with Crippen LogP contribution in [-0.4, -0.2) is 54.2 Å². The highest BCUT2D eigenvalue weighted by atomic mass is 32.3. The molecule has 0 aliphatic carbocycles. The number of aromatic nitrogens is 3. The van der Waals surface area contributed by atoms with Crippen molar-refractivity contribution in [3.05, 3.63) is 182 Å². The van der Waals surface area contributed by atoms with Crippen LogP contribution in [-0.2, 0) is 0 Å². The Labute approximate surface area is 378 Å². The third-order valence-electron chi connectivity index (χ3n) is 13.2. The van der Waals surface area contributed by atoms with Crippen LogP contribution < -0.4 is 27.3 Å². The Morgan fingerprint density at radius 1 is 0.397 bits per heavy atom. The Balaban J connectivity index is 1.36. The highest BCUT2D eigenvalue weighted by molar-refractivity contribution is 8.34. The van der Waals surface area contributed by atoms with E-state index < -0.39 is 10.0 Å². The van der Waals surface area contributed by atoms with Crippen LogP contribution in [0.2, 0.25) is 0 Å². The lowest BCUT2D eigenvalue weighted by molar-refractivity contribution is 1.24. The zero-order valence-electron chi connectivity index (χ0n) is 36.0. The summed E-state index contributed by atoms with van der Waals surface area (Å²) >= 11 is 1.84. The number of fused-ring (bicyclic) bond motifs is 6. The molecule has 0 unspecified atom stereocenters. The van der Waals surface area contributed by atoms with E-state index in [1.807, 2.05) is 29.7 Å². The van der Waals surface area contributed by atoms with Crippen LogP contribution in [0.4, 0.5) is 0 Å². The van der Waals surface area contributed by atoms with Gasteiger partial charge in [0.15, 0.2) is 0 Å². The lowest BCUT2D eigenvalue weighted by atomic mass is 9.59. The fourth-order valence-corrected chi connectivity index (χ4v) is 15.0.